The number of methoxy groups -OCH3 is 1. The van der Waals surface area contributed by atoms with Gasteiger partial charge in [-0.25, -0.2) is 4.79 Å². The Morgan fingerprint density at radius 2 is 1.74 bits per heavy atom. The van der Waals surface area contributed by atoms with Crippen LogP contribution in [-0.4, -0.2) is 47.2 Å². The van der Waals surface area contributed by atoms with Gasteiger partial charge in [-0.2, -0.15) is 0 Å². The van der Waals surface area contributed by atoms with E-state index in [0.29, 0.717) is 17.5 Å². The maximum Gasteiger partial charge on any atom is 0.328 e. The van der Waals surface area contributed by atoms with E-state index in [1.54, 1.807) is 17.9 Å². The Kier molecular flexibility index (Phi) is 6.55. The molecule has 1 aliphatic rings. The molecule has 1 unspecified atom stereocenters. The average Bonchev–Trinajstić information content (AvgIpc) is 3.05. The van der Waals surface area contributed by atoms with E-state index in [-0.39, 0.29) is 37.2 Å². The number of carbonyl (C=O) groups is 3. The van der Waals surface area contributed by atoms with Crippen molar-refractivity contribution in [3.05, 3.63) is 83.4 Å². The highest BCUT2D eigenvalue weighted by atomic mass is 16.5. The van der Waals surface area contributed by atoms with Crippen LogP contribution in [0.15, 0.2) is 66.7 Å². The first kappa shape index (κ1) is 23.9. The molecule has 0 aromatic heterocycles. The van der Waals surface area contributed by atoms with Gasteiger partial charge in [0.05, 0.1) is 13.7 Å². The highest BCUT2D eigenvalue weighted by molar-refractivity contribution is 6.07. The summed E-state index contributed by atoms with van der Waals surface area (Å²) in [6.45, 7) is 2.09. The van der Waals surface area contributed by atoms with E-state index in [1.165, 1.54) is 12.0 Å². The van der Waals surface area contributed by atoms with Crippen LogP contribution in [0.3, 0.4) is 0 Å². The number of nitrogens with zero attached hydrogens (tertiary/aromatic N) is 2. The molecule has 8 heteroatoms. The summed E-state index contributed by atoms with van der Waals surface area (Å²) in [4.78, 5) is 41.7. The molecule has 3 N–H and O–H groups in total. The number of ether oxygens (including phenoxy) is 1. The van der Waals surface area contributed by atoms with Crippen LogP contribution >= 0.6 is 0 Å². The first-order chi connectivity index (χ1) is 16.8. The predicted octanol–water partition coefficient (Wildman–Crippen LogP) is 3.76. The van der Waals surface area contributed by atoms with E-state index >= 15 is 0 Å². The standard InChI is InChI=1S/C27H28N4O4/c1-27(22-7-4-3-5-8-22)25(33)30(26(34)31(27)14-6-9-23(32)35-2)17-18-10-11-19-12-13-20(24(28)29)16-21(19)15-18/h3-5,7-8,10-13,15-16H,6,9,14,17H2,1-2H3,(H3,28,29). The molecule has 0 spiro atoms. The highest BCUT2D eigenvalue weighted by Crippen LogP contribution is 2.38. The lowest BCUT2D eigenvalue weighted by atomic mass is 9.90. The molecule has 3 aromatic rings. The van der Waals surface area contributed by atoms with Gasteiger partial charge < -0.3 is 15.4 Å². The Labute approximate surface area is 203 Å². The van der Waals surface area contributed by atoms with Crippen LogP contribution in [0, 0.1) is 5.41 Å². The zero-order chi connectivity index (χ0) is 25.2. The van der Waals surface area contributed by atoms with E-state index < -0.39 is 11.6 Å². The van der Waals surface area contributed by atoms with E-state index in [9.17, 15) is 14.4 Å². The van der Waals surface area contributed by atoms with Gasteiger partial charge in [-0.1, -0.05) is 54.6 Å². The number of amidine groups is 1. The summed E-state index contributed by atoms with van der Waals surface area (Å²) in [5, 5.41) is 9.53. The van der Waals surface area contributed by atoms with Crippen molar-refractivity contribution in [3.63, 3.8) is 0 Å². The quantitative estimate of drug-likeness (QED) is 0.224. The SMILES string of the molecule is COC(=O)CCCN1C(=O)N(Cc2ccc3ccc(C(=N)N)cc3c2)C(=O)C1(C)c1ccccc1. The number of carbonyl (C=O) groups excluding carboxylic acids is 3. The van der Waals surface area contributed by atoms with Crippen LogP contribution in [0.5, 0.6) is 0 Å². The molecule has 1 heterocycles. The molecule has 4 rings (SSSR count). The lowest BCUT2D eigenvalue weighted by Gasteiger charge is -2.32. The minimum atomic E-state index is -1.19. The second-order valence-corrected chi connectivity index (χ2v) is 8.75. The highest BCUT2D eigenvalue weighted by Gasteiger charge is 2.54. The van der Waals surface area contributed by atoms with Crippen LogP contribution in [0.4, 0.5) is 4.79 Å². The summed E-state index contributed by atoms with van der Waals surface area (Å²) in [6.07, 6.45) is 0.536. The summed E-state index contributed by atoms with van der Waals surface area (Å²) in [5.74, 6) is -0.699. The fraction of sp³-hybridized carbons (Fsp3) is 0.259. The number of imide groups is 1. The van der Waals surface area contributed by atoms with Crippen LogP contribution < -0.4 is 5.73 Å². The Morgan fingerprint density at radius 3 is 2.43 bits per heavy atom. The number of nitrogens with two attached hydrogens (primary N) is 1. The molecule has 3 aromatic carbocycles. The number of fused-ring (bicyclic) bond motifs is 1. The molecule has 0 saturated carbocycles. The number of amides is 3. The molecule has 1 atom stereocenters. The fourth-order valence-corrected chi connectivity index (χ4v) is 4.53. The number of hydrogen-bond donors (Lipinski definition) is 2. The first-order valence-corrected chi connectivity index (χ1v) is 11.4. The van der Waals surface area contributed by atoms with Crippen LogP contribution in [0.25, 0.3) is 10.8 Å². The van der Waals surface area contributed by atoms with Gasteiger partial charge in [0.15, 0.2) is 0 Å². The van der Waals surface area contributed by atoms with Crippen molar-refractivity contribution in [2.45, 2.75) is 31.8 Å². The number of rotatable bonds is 8. The molecular weight excluding hydrogens is 444 g/mol. The molecule has 1 saturated heterocycles. The van der Waals surface area contributed by atoms with E-state index in [4.69, 9.17) is 15.9 Å². The second kappa shape index (κ2) is 9.58. The van der Waals surface area contributed by atoms with Crippen LogP contribution in [0.1, 0.15) is 36.5 Å². The van der Waals surface area contributed by atoms with Gasteiger partial charge in [-0.15, -0.1) is 0 Å². The normalized spacial score (nSPS) is 17.8. The molecule has 0 bridgehead atoms. The van der Waals surface area contributed by atoms with Crippen molar-refractivity contribution in [1.29, 1.82) is 5.41 Å². The van der Waals surface area contributed by atoms with Crippen molar-refractivity contribution in [2.75, 3.05) is 13.7 Å². The number of benzene rings is 3. The zero-order valence-corrected chi connectivity index (χ0v) is 19.8. The molecule has 0 radical (unpaired) electrons. The minimum absolute atomic E-state index is 0.0246. The zero-order valence-electron chi connectivity index (χ0n) is 19.8. The maximum absolute atomic E-state index is 13.7. The maximum atomic E-state index is 13.7. The Balaban J connectivity index is 1.66. The summed E-state index contributed by atoms with van der Waals surface area (Å²) in [7, 11) is 1.33. The number of nitrogen functional groups attached to an aromatic ring is 1. The number of esters is 1. The molecule has 1 fully saturated rings. The van der Waals surface area contributed by atoms with Crippen molar-refractivity contribution >= 4 is 34.5 Å². The minimum Gasteiger partial charge on any atom is -0.469 e. The van der Waals surface area contributed by atoms with E-state index in [1.807, 2.05) is 60.7 Å². The van der Waals surface area contributed by atoms with Crippen molar-refractivity contribution in [3.8, 4) is 0 Å². The van der Waals surface area contributed by atoms with Gasteiger partial charge >= 0.3 is 12.0 Å². The topological polar surface area (TPSA) is 117 Å². The number of nitrogens with one attached hydrogen (secondary N) is 1. The Hall–Kier alpha value is -4.20. The third kappa shape index (κ3) is 4.47. The first-order valence-electron chi connectivity index (χ1n) is 11.4. The van der Waals surface area contributed by atoms with Crippen molar-refractivity contribution in [1.82, 2.24) is 9.80 Å². The fourth-order valence-electron chi connectivity index (χ4n) is 4.53. The molecule has 180 valence electrons. The number of hydrogen-bond acceptors (Lipinski definition) is 5. The Morgan fingerprint density at radius 1 is 1.03 bits per heavy atom. The number of urea groups is 1. The lowest BCUT2D eigenvalue weighted by Crippen LogP contribution is -2.44. The third-order valence-corrected chi connectivity index (χ3v) is 6.55. The van der Waals surface area contributed by atoms with E-state index in [0.717, 1.165) is 16.3 Å². The predicted molar refractivity (Wildman–Crippen MR) is 133 cm³/mol. The van der Waals surface area contributed by atoms with Gasteiger partial charge in [-0.3, -0.25) is 19.9 Å². The molecule has 8 nitrogen and oxygen atoms in total. The summed E-state index contributed by atoms with van der Waals surface area (Å²) in [6, 6.07) is 20.0. The smallest absolute Gasteiger partial charge is 0.328 e. The summed E-state index contributed by atoms with van der Waals surface area (Å²) < 4.78 is 4.72. The van der Waals surface area contributed by atoms with Gasteiger partial charge in [-0.05, 0) is 47.4 Å². The van der Waals surface area contributed by atoms with Gasteiger partial charge in [0.2, 0.25) is 0 Å². The second-order valence-electron chi connectivity index (χ2n) is 8.75. The van der Waals surface area contributed by atoms with Crippen molar-refractivity contribution in [2.24, 2.45) is 5.73 Å². The molecular formula is C27H28N4O4. The lowest BCUT2D eigenvalue weighted by molar-refractivity contribution is -0.140. The largest absolute Gasteiger partial charge is 0.469 e. The Bertz CT molecular complexity index is 1310. The van der Waals surface area contributed by atoms with Gasteiger partial charge in [0.1, 0.15) is 11.4 Å². The van der Waals surface area contributed by atoms with Gasteiger partial charge in [0, 0.05) is 18.5 Å². The molecule has 1 aliphatic heterocycles. The third-order valence-electron chi connectivity index (χ3n) is 6.55. The van der Waals surface area contributed by atoms with Crippen LogP contribution in [0.2, 0.25) is 0 Å². The van der Waals surface area contributed by atoms with Crippen molar-refractivity contribution < 1.29 is 19.1 Å². The molecule has 35 heavy (non-hydrogen) atoms. The average molecular weight is 473 g/mol. The summed E-state index contributed by atoms with van der Waals surface area (Å²) in [5.41, 5.74) is 6.55. The van der Waals surface area contributed by atoms with E-state index in [2.05, 4.69) is 0 Å². The molecule has 0 aliphatic carbocycles. The van der Waals surface area contributed by atoms with Crippen LogP contribution in [-0.2, 0) is 26.4 Å². The monoisotopic (exact) mass is 472 g/mol. The molecule has 3 amide bonds. The summed E-state index contributed by atoms with van der Waals surface area (Å²) >= 11 is 0. The van der Waals surface area contributed by atoms with Gasteiger partial charge in [0.25, 0.3) is 5.91 Å².